The van der Waals surface area contributed by atoms with Gasteiger partial charge in [0.15, 0.2) is 0 Å². The molecule has 3 nitrogen and oxygen atoms in total. The normalized spacial score (nSPS) is 9.62. The van der Waals surface area contributed by atoms with Crippen LogP contribution in [0.1, 0.15) is 0 Å². The summed E-state index contributed by atoms with van der Waals surface area (Å²) in [6, 6.07) is 7.43. The van der Waals surface area contributed by atoms with E-state index in [9.17, 15) is 4.79 Å². The van der Waals surface area contributed by atoms with Crippen molar-refractivity contribution in [3.05, 3.63) is 24.3 Å². The maximum absolute atomic E-state index is 10.8. The first kappa shape index (κ1) is 9.92. The van der Waals surface area contributed by atoms with Crippen LogP contribution in [0.3, 0.4) is 0 Å². The number of rotatable bonds is 3. The lowest BCUT2D eigenvalue weighted by molar-refractivity contribution is -0.137. The van der Waals surface area contributed by atoms with E-state index in [2.05, 4.69) is 4.74 Å². The van der Waals surface area contributed by atoms with Gasteiger partial charge in [-0.25, -0.2) is 0 Å². The minimum Gasteiger partial charge on any atom is -0.468 e. The molecule has 0 aliphatic carbocycles. The Morgan fingerprint density at radius 3 is 2.85 bits per heavy atom. The van der Waals surface area contributed by atoms with Crippen LogP contribution in [0, 0.1) is 0 Å². The van der Waals surface area contributed by atoms with E-state index >= 15 is 0 Å². The molecule has 1 rings (SSSR count). The predicted molar refractivity (Wildman–Crippen MR) is 53.6 cm³/mol. The lowest BCUT2D eigenvalue weighted by Crippen LogP contribution is -2.03. The van der Waals surface area contributed by atoms with Gasteiger partial charge in [0.1, 0.15) is 0 Å². The second-order valence-corrected chi connectivity index (χ2v) is 3.42. The Hall–Kier alpha value is -1.16. The van der Waals surface area contributed by atoms with E-state index in [1.807, 2.05) is 18.2 Å². The highest BCUT2D eigenvalue weighted by Crippen LogP contribution is 2.23. The summed E-state index contributed by atoms with van der Waals surface area (Å²) in [5.41, 5.74) is 6.37. The minimum atomic E-state index is -0.242. The summed E-state index contributed by atoms with van der Waals surface area (Å²) in [7, 11) is 1.37. The van der Waals surface area contributed by atoms with Crippen LogP contribution in [0.4, 0.5) is 5.69 Å². The summed E-state index contributed by atoms with van der Waals surface area (Å²) in [5, 5.41) is 0. The number of para-hydroxylation sites is 1. The molecular formula is C9H11NO2S. The number of hydrogen-bond donors (Lipinski definition) is 1. The average molecular weight is 197 g/mol. The van der Waals surface area contributed by atoms with Crippen molar-refractivity contribution in [3.8, 4) is 0 Å². The van der Waals surface area contributed by atoms with E-state index in [0.717, 1.165) is 4.90 Å². The van der Waals surface area contributed by atoms with Gasteiger partial charge in [0.05, 0.1) is 12.9 Å². The number of anilines is 1. The fraction of sp³-hybridized carbons (Fsp3) is 0.222. The van der Waals surface area contributed by atoms with Gasteiger partial charge in [0, 0.05) is 10.6 Å². The maximum Gasteiger partial charge on any atom is 0.315 e. The Morgan fingerprint density at radius 2 is 2.23 bits per heavy atom. The number of ether oxygens (including phenoxy) is 1. The number of nitrogens with two attached hydrogens (primary N) is 1. The van der Waals surface area contributed by atoms with Crippen LogP contribution >= 0.6 is 11.8 Å². The molecule has 2 N–H and O–H groups in total. The third-order valence-corrected chi connectivity index (χ3v) is 2.56. The second kappa shape index (κ2) is 4.77. The highest BCUT2D eigenvalue weighted by atomic mass is 32.2. The summed E-state index contributed by atoms with van der Waals surface area (Å²) in [6.07, 6.45) is 0. The van der Waals surface area contributed by atoms with Gasteiger partial charge in [-0.2, -0.15) is 0 Å². The first-order chi connectivity index (χ1) is 6.24. The fourth-order valence-electron chi connectivity index (χ4n) is 0.808. The lowest BCUT2D eigenvalue weighted by Gasteiger charge is -2.02. The van der Waals surface area contributed by atoms with Crippen molar-refractivity contribution in [3.63, 3.8) is 0 Å². The fourth-order valence-corrected chi connectivity index (χ4v) is 1.61. The van der Waals surface area contributed by atoms with Gasteiger partial charge in [-0.15, -0.1) is 11.8 Å². The molecule has 70 valence electrons. The number of carbonyl (C=O) groups excluding carboxylic acids is 1. The van der Waals surface area contributed by atoms with Crippen LogP contribution in [0.15, 0.2) is 29.2 Å². The zero-order valence-corrected chi connectivity index (χ0v) is 8.14. The number of methoxy groups -OCH3 is 1. The van der Waals surface area contributed by atoms with E-state index < -0.39 is 0 Å². The molecule has 0 amide bonds. The molecule has 0 saturated carbocycles. The van der Waals surface area contributed by atoms with Crippen LogP contribution < -0.4 is 5.73 Å². The van der Waals surface area contributed by atoms with E-state index in [1.54, 1.807) is 6.07 Å². The predicted octanol–water partition coefficient (Wildman–Crippen LogP) is 1.53. The molecule has 0 bridgehead atoms. The smallest absolute Gasteiger partial charge is 0.315 e. The second-order valence-electron chi connectivity index (χ2n) is 2.40. The summed E-state index contributed by atoms with van der Waals surface area (Å²) in [4.78, 5) is 11.7. The Bertz CT molecular complexity index is 301. The summed E-state index contributed by atoms with van der Waals surface area (Å²) >= 11 is 1.38. The third kappa shape index (κ3) is 2.99. The number of thioether (sulfide) groups is 1. The Balaban J connectivity index is 2.54. The quantitative estimate of drug-likeness (QED) is 0.453. The molecule has 0 radical (unpaired) electrons. The Morgan fingerprint density at radius 1 is 1.54 bits per heavy atom. The van der Waals surface area contributed by atoms with Crippen molar-refractivity contribution in [2.45, 2.75) is 4.90 Å². The number of benzene rings is 1. The molecule has 1 aromatic rings. The molecule has 0 spiro atoms. The SMILES string of the molecule is COC(=O)CSc1ccccc1N. The summed E-state index contributed by atoms with van der Waals surface area (Å²) in [5.74, 6) is 0.0540. The van der Waals surface area contributed by atoms with Gasteiger partial charge in [-0.3, -0.25) is 4.79 Å². The molecule has 0 unspecified atom stereocenters. The summed E-state index contributed by atoms with van der Waals surface area (Å²) in [6.45, 7) is 0. The van der Waals surface area contributed by atoms with Crippen molar-refractivity contribution in [2.24, 2.45) is 0 Å². The van der Waals surface area contributed by atoms with E-state index in [1.165, 1.54) is 18.9 Å². The summed E-state index contributed by atoms with van der Waals surface area (Å²) < 4.78 is 4.51. The molecule has 0 aliphatic heterocycles. The van der Waals surface area contributed by atoms with Gasteiger partial charge in [-0.05, 0) is 12.1 Å². The zero-order valence-electron chi connectivity index (χ0n) is 7.32. The van der Waals surface area contributed by atoms with Gasteiger partial charge in [0.2, 0.25) is 0 Å². The zero-order chi connectivity index (χ0) is 9.68. The van der Waals surface area contributed by atoms with Crippen molar-refractivity contribution in [1.29, 1.82) is 0 Å². The van der Waals surface area contributed by atoms with Crippen LogP contribution in [0.2, 0.25) is 0 Å². The van der Waals surface area contributed by atoms with Crippen molar-refractivity contribution in [2.75, 3.05) is 18.6 Å². The van der Waals surface area contributed by atoms with E-state index in [4.69, 9.17) is 5.73 Å². The third-order valence-electron chi connectivity index (χ3n) is 1.49. The van der Waals surface area contributed by atoms with E-state index in [-0.39, 0.29) is 5.97 Å². The molecular weight excluding hydrogens is 186 g/mol. The highest BCUT2D eigenvalue weighted by molar-refractivity contribution is 8.00. The largest absolute Gasteiger partial charge is 0.468 e. The van der Waals surface area contributed by atoms with E-state index in [0.29, 0.717) is 11.4 Å². The van der Waals surface area contributed by atoms with Gasteiger partial charge >= 0.3 is 5.97 Å². The van der Waals surface area contributed by atoms with Crippen molar-refractivity contribution >= 4 is 23.4 Å². The van der Waals surface area contributed by atoms with Crippen LogP contribution in [-0.4, -0.2) is 18.8 Å². The molecule has 0 aromatic heterocycles. The van der Waals surface area contributed by atoms with Crippen LogP contribution in [0.5, 0.6) is 0 Å². The monoisotopic (exact) mass is 197 g/mol. The Labute approximate surface area is 81.3 Å². The molecule has 0 aliphatic rings. The lowest BCUT2D eigenvalue weighted by atomic mass is 10.3. The average Bonchev–Trinajstić information content (AvgIpc) is 2.16. The molecule has 13 heavy (non-hydrogen) atoms. The molecule has 0 fully saturated rings. The van der Waals surface area contributed by atoms with Crippen molar-refractivity contribution < 1.29 is 9.53 Å². The molecule has 1 aromatic carbocycles. The molecule has 0 saturated heterocycles. The topological polar surface area (TPSA) is 52.3 Å². The first-order valence-corrected chi connectivity index (χ1v) is 4.76. The highest BCUT2D eigenvalue weighted by Gasteiger charge is 2.03. The maximum atomic E-state index is 10.8. The molecule has 0 heterocycles. The number of hydrogen-bond acceptors (Lipinski definition) is 4. The van der Waals surface area contributed by atoms with Gasteiger partial charge in [-0.1, -0.05) is 12.1 Å². The van der Waals surface area contributed by atoms with Gasteiger partial charge < -0.3 is 10.5 Å². The molecule has 4 heteroatoms. The number of esters is 1. The van der Waals surface area contributed by atoms with Crippen LogP contribution in [-0.2, 0) is 9.53 Å². The number of nitrogen functional groups attached to an aromatic ring is 1. The van der Waals surface area contributed by atoms with Crippen LogP contribution in [0.25, 0.3) is 0 Å². The molecule has 0 atom stereocenters. The standard InChI is InChI=1S/C9H11NO2S/c1-12-9(11)6-13-8-5-3-2-4-7(8)10/h2-5H,6,10H2,1H3. The minimum absolute atomic E-state index is 0.242. The van der Waals surface area contributed by atoms with Gasteiger partial charge in [0.25, 0.3) is 0 Å². The van der Waals surface area contributed by atoms with Crippen molar-refractivity contribution in [1.82, 2.24) is 0 Å². The first-order valence-electron chi connectivity index (χ1n) is 3.78. The Kier molecular flexibility index (Phi) is 3.64. The number of carbonyl (C=O) groups is 1.